The van der Waals surface area contributed by atoms with E-state index >= 15 is 0 Å². The summed E-state index contributed by atoms with van der Waals surface area (Å²) in [6, 6.07) is 0.295. The summed E-state index contributed by atoms with van der Waals surface area (Å²) in [6.45, 7) is 10.5. The highest BCUT2D eigenvalue weighted by molar-refractivity contribution is 7.09. The van der Waals surface area contributed by atoms with Crippen molar-refractivity contribution in [3.63, 3.8) is 0 Å². The number of hydrogen-bond donors (Lipinski definition) is 0. The average Bonchev–Trinajstić information content (AvgIpc) is 3.34. The molecule has 6 nitrogen and oxygen atoms in total. The van der Waals surface area contributed by atoms with Gasteiger partial charge >= 0.3 is 0 Å². The molecule has 26 heavy (non-hydrogen) atoms. The molecule has 1 spiro atoms. The van der Waals surface area contributed by atoms with Gasteiger partial charge in [-0.3, -0.25) is 4.57 Å². The van der Waals surface area contributed by atoms with Gasteiger partial charge in [0.05, 0.1) is 31.2 Å². The Labute approximate surface area is 158 Å². The lowest BCUT2D eigenvalue weighted by atomic mass is 9.98. The average molecular weight is 374 g/mol. The van der Waals surface area contributed by atoms with Crippen LogP contribution in [0.25, 0.3) is 0 Å². The van der Waals surface area contributed by atoms with Gasteiger partial charge in [-0.1, -0.05) is 18.9 Å². The summed E-state index contributed by atoms with van der Waals surface area (Å²) >= 11 is 1.68. The number of aryl methyl sites for hydroxylation is 1. The van der Waals surface area contributed by atoms with Crippen LogP contribution in [0.5, 0.6) is 0 Å². The van der Waals surface area contributed by atoms with Gasteiger partial charge in [0.25, 0.3) is 0 Å². The molecule has 0 bridgehead atoms. The number of ether oxygens (including phenoxy) is 1. The highest BCUT2D eigenvalue weighted by atomic mass is 32.1. The number of thiazole rings is 1. The Kier molecular flexibility index (Phi) is 4.84. The fourth-order valence-corrected chi connectivity index (χ4v) is 4.86. The largest absolute Gasteiger partial charge is 0.371 e. The number of anilines is 1. The maximum Gasteiger partial charge on any atom is 0.227 e. The third-order valence-electron chi connectivity index (χ3n) is 5.49. The molecule has 2 aromatic heterocycles. The fraction of sp³-hybridized carbons (Fsp3) is 0.632. The molecule has 1 aliphatic carbocycles. The monoisotopic (exact) mass is 373 g/mol. The van der Waals surface area contributed by atoms with Crippen molar-refractivity contribution >= 4 is 17.3 Å². The standard InChI is InChI=1S/C19H27N5OS/c1-4-9-23-16(10-17-20-14(2)12-26-17)21-22-18(23)24-13-19(7-5-6-8-19)25-11-15(24)3/h4,12,15H,1,5-11,13H2,2-3H3. The van der Waals surface area contributed by atoms with Crippen molar-refractivity contribution in [1.29, 1.82) is 0 Å². The fourth-order valence-electron chi connectivity index (χ4n) is 4.09. The summed E-state index contributed by atoms with van der Waals surface area (Å²) in [6.07, 6.45) is 7.45. The zero-order chi connectivity index (χ0) is 18.1. The van der Waals surface area contributed by atoms with E-state index in [4.69, 9.17) is 4.74 Å². The molecule has 4 rings (SSSR count). The zero-order valence-corrected chi connectivity index (χ0v) is 16.5. The molecule has 1 unspecified atom stereocenters. The molecule has 2 fully saturated rings. The molecule has 0 radical (unpaired) electrons. The van der Waals surface area contributed by atoms with E-state index in [0.29, 0.717) is 19.0 Å². The second-order valence-electron chi connectivity index (χ2n) is 7.55. The van der Waals surface area contributed by atoms with Crippen LogP contribution >= 0.6 is 11.3 Å². The van der Waals surface area contributed by atoms with Gasteiger partial charge in [-0.05, 0) is 26.7 Å². The summed E-state index contributed by atoms with van der Waals surface area (Å²) < 4.78 is 8.46. The Morgan fingerprint density at radius 2 is 2.19 bits per heavy atom. The Morgan fingerprint density at radius 1 is 1.38 bits per heavy atom. The van der Waals surface area contributed by atoms with Crippen LogP contribution in [-0.4, -0.2) is 44.5 Å². The minimum Gasteiger partial charge on any atom is -0.371 e. The number of morpholine rings is 1. The van der Waals surface area contributed by atoms with Crippen LogP contribution in [0.3, 0.4) is 0 Å². The highest BCUT2D eigenvalue weighted by Gasteiger charge is 2.42. The van der Waals surface area contributed by atoms with E-state index in [2.05, 4.69) is 43.5 Å². The van der Waals surface area contributed by atoms with Crippen molar-refractivity contribution < 1.29 is 4.74 Å². The van der Waals surface area contributed by atoms with E-state index in [-0.39, 0.29) is 5.60 Å². The Bertz CT molecular complexity index is 777. The molecule has 2 aromatic rings. The van der Waals surface area contributed by atoms with E-state index in [1.165, 1.54) is 12.8 Å². The van der Waals surface area contributed by atoms with Crippen molar-refractivity contribution in [3.8, 4) is 0 Å². The number of aromatic nitrogens is 4. The van der Waals surface area contributed by atoms with E-state index in [1.54, 1.807) is 11.3 Å². The molecule has 0 amide bonds. The van der Waals surface area contributed by atoms with Crippen LogP contribution in [0.1, 0.15) is 49.1 Å². The van der Waals surface area contributed by atoms with Crippen LogP contribution in [0.2, 0.25) is 0 Å². The number of hydrogen-bond acceptors (Lipinski definition) is 6. The van der Waals surface area contributed by atoms with Crippen LogP contribution in [0.15, 0.2) is 18.0 Å². The van der Waals surface area contributed by atoms with Gasteiger partial charge in [-0.2, -0.15) is 0 Å². The van der Waals surface area contributed by atoms with Crippen molar-refractivity contribution in [2.45, 2.75) is 64.1 Å². The molecule has 2 aliphatic rings. The molecule has 1 aliphatic heterocycles. The second-order valence-corrected chi connectivity index (χ2v) is 8.50. The summed E-state index contributed by atoms with van der Waals surface area (Å²) in [5.74, 6) is 1.89. The van der Waals surface area contributed by atoms with Crippen molar-refractivity contribution in [2.24, 2.45) is 0 Å². The lowest BCUT2D eigenvalue weighted by molar-refractivity contribution is -0.0639. The van der Waals surface area contributed by atoms with E-state index in [1.807, 2.05) is 13.0 Å². The molecule has 1 atom stereocenters. The quantitative estimate of drug-likeness (QED) is 0.752. The molecule has 7 heteroatoms. The maximum atomic E-state index is 6.27. The summed E-state index contributed by atoms with van der Waals surface area (Å²) in [7, 11) is 0. The van der Waals surface area contributed by atoms with Crippen molar-refractivity contribution in [2.75, 3.05) is 18.1 Å². The topological polar surface area (TPSA) is 56.1 Å². The lowest BCUT2D eigenvalue weighted by Crippen LogP contribution is -2.55. The summed E-state index contributed by atoms with van der Waals surface area (Å²) in [4.78, 5) is 6.97. The smallest absolute Gasteiger partial charge is 0.227 e. The lowest BCUT2D eigenvalue weighted by Gasteiger charge is -2.44. The van der Waals surface area contributed by atoms with Crippen molar-refractivity contribution in [1.82, 2.24) is 19.7 Å². The Hall–Kier alpha value is -1.73. The number of allylic oxidation sites excluding steroid dienone is 1. The van der Waals surface area contributed by atoms with Gasteiger partial charge in [0.15, 0.2) is 0 Å². The summed E-state index contributed by atoms with van der Waals surface area (Å²) in [5, 5.41) is 12.3. The molecule has 0 N–H and O–H groups in total. The molecular formula is C19H27N5OS. The molecular weight excluding hydrogens is 346 g/mol. The number of nitrogens with zero attached hydrogens (tertiary/aromatic N) is 5. The second kappa shape index (κ2) is 7.12. The Morgan fingerprint density at radius 3 is 2.88 bits per heavy atom. The molecule has 1 saturated carbocycles. The van der Waals surface area contributed by atoms with Crippen molar-refractivity contribution in [3.05, 3.63) is 34.6 Å². The van der Waals surface area contributed by atoms with Gasteiger partial charge in [-0.15, -0.1) is 28.1 Å². The first-order chi connectivity index (χ1) is 12.6. The SMILES string of the molecule is C=CCn1c(Cc2nc(C)cs2)nnc1N1CC2(CCCC2)OCC1C. The van der Waals surface area contributed by atoms with Crippen LogP contribution in [0.4, 0.5) is 5.95 Å². The normalized spacial score (nSPS) is 22.2. The van der Waals surface area contributed by atoms with E-state index in [0.717, 1.165) is 48.5 Å². The minimum atomic E-state index is 0.00402. The van der Waals surface area contributed by atoms with Gasteiger partial charge in [0, 0.05) is 17.6 Å². The zero-order valence-electron chi connectivity index (χ0n) is 15.6. The van der Waals surface area contributed by atoms with Gasteiger partial charge < -0.3 is 9.64 Å². The third-order valence-corrected chi connectivity index (χ3v) is 6.46. The first-order valence-corrected chi connectivity index (χ1v) is 10.3. The Balaban J connectivity index is 1.63. The highest BCUT2D eigenvalue weighted by Crippen LogP contribution is 2.38. The van der Waals surface area contributed by atoms with Crippen LogP contribution in [0, 0.1) is 6.92 Å². The van der Waals surface area contributed by atoms with Gasteiger partial charge in [0.1, 0.15) is 10.8 Å². The minimum absolute atomic E-state index is 0.00402. The van der Waals surface area contributed by atoms with Gasteiger partial charge in [0.2, 0.25) is 5.95 Å². The van der Waals surface area contributed by atoms with Crippen LogP contribution in [-0.2, 0) is 17.7 Å². The van der Waals surface area contributed by atoms with E-state index < -0.39 is 0 Å². The molecule has 3 heterocycles. The molecule has 0 aromatic carbocycles. The first-order valence-electron chi connectivity index (χ1n) is 9.45. The summed E-state index contributed by atoms with van der Waals surface area (Å²) in [5.41, 5.74) is 1.06. The predicted octanol–water partition coefficient (Wildman–Crippen LogP) is 3.36. The molecule has 140 valence electrons. The van der Waals surface area contributed by atoms with Gasteiger partial charge in [-0.25, -0.2) is 4.98 Å². The first kappa shape index (κ1) is 17.7. The maximum absolute atomic E-state index is 6.27. The van der Waals surface area contributed by atoms with E-state index in [9.17, 15) is 0 Å². The number of rotatable bonds is 5. The predicted molar refractivity (Wildman–Crippen MR) is 104 cm³/mol. The van der Waals surface area contributed by atoms with Crippen LogP contribution < -0.4 is 4.90 Å². The third kappa shape index (κ3) is 3.30. The molecule has 1 saturated heterocycles.